The highest BCUT2D eigenvalue weighted by Crippen LogP contribution is 2.24. The van der Waals surface area contributed by atoms with Crippen LogP contribution in [-0.4, -0.2) is 27.3 Å². The lowest BCUT2D eigenvalue weighted by molar-refractivity contribution is -0.120. The second kappa shape index (κ2) is 8.10. The number of rotatable bonds is 7. The van der Waals surface area contributed by atoms with E-state index in [-0.39, 0.29) is 11.2 Å². The predicted molar refractivity (Wildman–Crippen MR) is 86.6 cm³/mol. The second-order valence-corrected chi connectivity index (χ2v) is 6.51. The number of aromatic nitrogens is 2. The van der Waals surface area contributed by atoms with Crippen LogP contribution in [-0.2, 0) is 11.3 Å². The van der Waals surface area contributed by atoms with E-state index >= 15 is 0 Å². The minimum atomic E-state index is -0.126. The van der Waals surface area contributed by atoms with Gasteiger partial charge in [-0.1, -0.05) is 11.6 Å². The van der Waals surface area contributed by atoms with Crippen LogP contribution in [0.4, 0.5) is 0 Å². The smallest absolute Gasteiger partial charge is 0.233 e. The number of nitrogens with zero attached hydrogens (tertiary/aromatic N) is 2. The molecule has 1 atom stereocenters. The second-order valence-electron chi connectivity index (χ2n) is 4.66. The zero-order chi connectivity index (χ0) is 15.1. The van der Waals surface area contributed by atoms with Crippen LogP contribution in [0.5, 0.6) is 0 Å². The number of hydrogen-bond donors (Lipinski definition) is 1. The van der Waals surface area contributed by atoms with Crippen molar-refractivity contribution < 1.29 is 4.79 Å². The van der Waals surface area contributed by atoms with Crippen LogP contribution < -0.4 is 5.32 Å². The molecular formula is C15H18ClN3OS. The zero-order valence-corrected chi connectivity index (χ0v) is 13.4. The molecule has 6 heteroatoms. The summed E-state index contributed by atoms with van der Waals surface area (Å²) in [6, 6.07) is 7.52. The number of benzene rings is 1. The number of thioether (sulfide) groups is 1. The number of nitrogens with one attached hydrogen (secondary N) is 1. The molecule has 0 spiro atoms. The van der Waals surface area contributed by atoms with E-state index in [1.54, 1.807) is 12.5 Å². The van der Waals surface area contributed by atoms with E-state index in [0.29, 0.717) is 11.6 Å². The standard InChI is InChI=1S/C15H18ClN3OS/c1-12(21-14-5-3-13(16)4-6-14)15(20)18-7-2-9-19-10-8-17-11-19/h3-6,8,10-12H,2,7,9H2,1H3,(H,18,20). The maximum absolute atomic E-state index is 12.0. The molecule has 1 aromatic carbocycles. The Kier molecular flexibility index (Phi) is 6.14. The van der Waals surface area contributed by atoms with Gasteiger partial charge in [0.05, 0.1) is 11.6 Å². The first kappa shape index (κ1) is 15.9. The average molecular weight is 324 g/mol. The molecule has 0 aliphatic rings. The number of aryl methyl sites for hydroxylation is 1. The summed E-state index contributed by atoms with van der Waals surface area (Å²) in [5.41, 5.74) is 0. The molecule has 0 fully saturated rings. The highest BCUT2D eigenvalue weighted by molar-refractivity contribution is 8.00. The first-order valence-electron chi connectivity index (χ1n) is 6.81. The van der Waals surface area contributed by atoms with Crippen molar-refractivity contribution >= 4 is 29.3 Å². The monoisotopic (exact) mass is 323 g/mol. The molecule has 0 radical (unpaired) electrons. The quantitative estimate of drug-likeness (QED) is 0.628. The Morgan fingerprint density at radius 1 is 1.43 bits per heavy atom. The van der Waals surface area contributed by atoms with Crippen molar-refractivity contribution in [3.63, 3.8) is 0 Å². The molecule has 21 heavy (non-hydrogen) atoms. The highest BCUT2D eigenvalue weighted by atomic mass is 35.5. The fourth-order valence-electron chi connectivity index (χ4n) is 1.81. The Hall–Kier alpha value is -1.46. The number of hydrogen-bond acceptors (Lipinski definition) is 3. The van der Waals surface area contributed by atoms with Gasteiger partial charge in [-0.05, 0) is 37.6 Å². The summed E-state index contributed by atoms with van der Waals surface area (Å²) in [6.07, 6.45) is 6.34. The van der Waals surface area contributed by atoms with Crippen LogP contribution in [0.15, 0.2) is 47.9 Å². The van der Waals surface area contributed by atoms with Gasteiger partial charge in [-0.2, -0.15) is 0 Å². The Morgan fingerprint density at radius 2 is 2.19 bits per heavy atom. The molecule has 1 amide bonds. The van der Waals surface area contributed by atoms with E-state index in [9.17, 15) is 4.79 Å². The number of halogens is 1. The van der Waals surface area contributed by atoms with Crippen molar-refractivity contribution in [1.82, 2.24) is 14.9 Å². The van der Waals surface area contributed by atoms with Crippen LogP contribution >= 0.6 is 23.4 Å². The Labute approximate surface area is 133 Å². The van der Waals surface area contributed by atoms with Crippen molar-refractivity contribution in [2.24, 2.45) is 0 Å². The first-order chi connectivity index (χ1) is 10.1. The van der Waals surface area contributed by atoms with Gasteiger partial charge < -0.3 is 9.88 Å². The molecular weight excluding hydrogens is 306 g/mol. The maximum Gasteiger partial charge on any atom is 0.233 e. The summed E-state index contributed by atoms with van der Waals surface area (Å²) >= 11 is 7.37. The van der Waals surface area contributed by atoms with Crippen LogP contribution in [0.1, 0.15) is 13.3 Å². The fourth-order valence-corrected chi connectivity index (χ4v) is 2.82. The van der Waals surface area contributed by atoms with Crippen LogP contribution in [0.2, 0.25) is 5.02 Å². The van der Waals surface area contributed by atoms with E-state index in [1.165, 1.54) is 11.8 Å². The van der Waals surface area contributed by atoms with Crippen molar-refractivity contribution in [3.05, 3.63) is 48.0 Å². The molecule has 1 unspecified atom stereocenters. The summed E-state index contributed by atoms with van der Waals surface area (Å²) in [4.78, 5) is 17.0. The van der Waals surface area contributed by atoms with E-state index in [4.69, 9.17) is 11.6 Å². The molecule has 0 bridgehead atoms. The summed E-state index contributed by atoms with van der Waals surface area (Å²) < 4.78 is 2.00. The number of imidazole rings is 1. The molecule has 2 aromatic rings. The van der Waals surface area contributed by atoms with Gasteiger partial charge in [0.2, 0.25) is 5.91 Å². The molecule has 1 aromatic heterocycles. The molecule has 112 valence electrons. The van der Waals surface area contributed by atoms with Gasteiger partial charge in [-0.3, -0.25) is 4.79 Å². The van der Waals surface area contributed by atoms with Crippen molar-refractivity contribution in [2.75, 3.05) is 6.54 Å². The SMILES string of the molecule is CC(Sc1ccc(Cl)cc1)C(=O)NCCCn1ccnc1. The molecule has 1 N–H and O–H groups in total. The number of carbonyl (C=O) groups is 1. The minimum Gasteiger partial charge on any atom is -0.355 e. The highest BCUT2D eigenvalue weighted by Gasteiger charge is 2.13. The van der Waals surface area contributed by atoms with Gasteiger partial charge in [0, 0.05) is 35.4 Å². The lowest BCUT2D eigenvalue weighted by atomic mass is 10.4. The van der Waals surface area contributed by atoms with Crippen LogP contribution in [0.3, 0.4) is 0 Å². The fraction of sp³-hybridized carbons (Fsp3) is 0.333. The Balaban J connectivity index is 1.68. The van der Waals surface area contributed by atoms with Gasteiger partial charge in [0.1, 0.15) is 0 Å². The van der Waals surface area contributed by atoms with E-state index in [0.717, 1.165) is 17.9 Å². The van der Waals surface area contributed by atoms with Crippen molar-refractivity contribution in [3.8, 4) is 0 Å². The summed E-state index contributed by atoms with van der Waals surface area (Å²) in [6.45, 7) is 3.44. The molecule has 0 saturated carbocycles. The Bertz CT molecular complexity index is 557. The van der Waals surface area contributed by atoms with E-state index in [1.807, 2.05) is 42.0 Å². The third kappa shape index (κ3) is 5.44. The summed E-state index contributed by atoms with van der Waals surface area (Å²) in [7, 11) is 0. The number of amides is 1. The molecule has 0 saturated heterocycles. The molecule has 4 nitrogen and oxygen atoms in total. The predicted octanol–water partition coefficient (Wildman–Crippen LogP) is 3.22. The third-order valence-corrected chi connectivity index (χ3v) is 4.31. The third-order valence-electron chi connectivity index (χ3n) is 2.95. The molecule has 0 aliphatic carbocycles. The minimum absolute atomic E-state index is 0.0561. The van der Waals surface area contributed by atoms with Crippen LogP contribution in [0.25, 0.3) is 0 Å². The van der Waals surface area contributed by atoms with Gasteiger partial charge in [0.15, 0.2) is 0 Å². The normalized spacial score (nSPS) is 12.1. The molecule has 2 rings (SSSR count). The number of carbonyl (C=O) groups excluding carboxylic acids is 1. The molecule has 1 heterocycles. The lowest BCUT2D eigenvalue weighted by Crippen LogP contribution is -2.32. The first-order valence-corrected chi connectivity index (χ1v) is 8.06. The topological polar surface area (TPSA) is 46.9 Å². The van der Waals surface area contributed by atoms with E-state index in [2.05, 4.69) is 10.3 Å². The largest absolute Gasteiger partial charge is 0.355 e. The van der Waals surface area contributed by atoms with Gasteiger partial charge >= 0.3 is 0 Å². The summed E-state index contributed by atoms with van der Waals surface area (Å²) in [5, 5.41) is 3.54. The summed E-state index contributed by atoms with van der Waals surface area (Å²) in [5.74, 6) is 0.0561. The van der Waals surface area contributed by atoms with E-state index < -0.39 is 0 Å². The molecule has 0 aliphatic heterocycles. The average Bonchev–Trinajstić information content (AvgIpc) is 2.99. The van der Waals surface area contributed by atoms with Gasteiger partial charge in [0.25, 0.3) is 0 Å². The van der Waals surface area contributed by atoms with Crippen LogP contribution in [0, 0.1) is 0 Å². The van der Waals surface area contributed by atoms with Crippen molar-refractivity contribution in [2.45, 2.75) is 30.0 Å². The Morgan fingerprint density at radius 3 is 2.86 bits per heavy atom. The van der Waals surface area contributed by atoms with Gasteiger partial charge in [-0.15, -0.1) is 11.8 Å². The van der Waals surface area contributed by atoms with Gasteiger partial charge in [-0.25, -0.2) is 4.98 Å². The lowest BCUT2D eigenvalue weighted by Gasteiger charge is -2.12. The zero-order valence-electron chi connectivity index (χ0n) is 11.8. The van der Waals surface area contributed by atoms with Crippen molar-refractivity contribution in [1.29, 1.82) is 0 Å². The maximum atomic E-state index is 12.0.